The van der Waals surface area contributed by atoms with E-state index in [1.165, 1.54) is 57.8 Å². The van der Waals surface area contributed by atoms with Crippen LogP contribution in [0.25, 0.3) is 0 Å². The Hall–Kier alpha value is -0.0400. The number of nitrogens with one attached hydrogen (secondary N) is 1. The zero-order chi connectivity index (χ0) is 13.4. The molecule has 108 valence electrons. The lowest BCUT2D eigenvalue weighted by molar-refractivity contribution is 0.283. The number of hydrogen-bond acceptors (Lipinski definition) is 1. The summed E-state index contributed by atoms with van der Waals surface area (Å²) in [4.78, 5) is 0. The molecule has 1 aliphatic carbocycles. The fraction of sp³-hybridized carbons (Fsp3) is 1.00. The van der Waals surface area contributed by atoms with Crippen molar-refractivity contribution in [2.45, 2.75) is 84.6 Å². The minimum Gasteiger partial charge on any atom is -0.317 e. The van der Waals surface area contributed by atoms with Crippen LogP contribution in [0.4, 0.5) is 0 Å². The molecule has 0 aromatic rings. The van der Waals surface area contributed by atoms with Gasteiger partial charge in [0.2, 0.25) is 0 Å². The van der Waals surface area contributed by atoms with E-state index in [-0.39, 0.29) is 0 Å². The van der Waals surface area contributed by atoms with Gasteiger partial charge in [-0.3, -0.25) is 0 Å². The highest BCUT2D eigenvalue weighted by Gasteiger charge is 2.30. The van der Waals surface area contributed by atoms with Crippen LogP contribution >= 0.6 is 0 Å². The molecule has 0 aromatic heterocycles. The quantitative estimate of drug-likeness (QED) is 0.609. The van der Waals surface area contributed by atoms with Gasteiger partial charge < -0.3 is 5.32 Å². The molecule has 0 aliphatic heterocycles. The summed E-state index contributed by atoms with van der Waals surface area (Å²) >= 11 is 0. The minimum atomic E-state index is 0.781. The van der Waals surface area contributed by atoms with Crippen molar-refractivity contribution in [1.82, 2.24) is 5.32 Å². The highest BCUT2D eigenvalue weighted by molar-refractivity contribution is 4.85. The lowest BCUT2D eigenvalue weighted by atomic mass is 9.85. The average molecular weight is 253 g/mol. The molecule has 18 heavy (non-hydrogen) atoms. The molecule has 0 saturated heterocycles. The molecule has 1 heteroatoms. The van der Waals surface area contributed by atoms with Crippen molar-refractivity contribution in [3.8, 4) is 0 Å². The van der Waals surface area contributed by atoms with Gasteiger partial charge in [-0.2, -0.15) is 0 Å². The summed E-state index contributed by atoms with van der Waals surface area (Å²) in [5, 5.41) is 3.63. The van der Waals surface area contributed by atoms with Crippen molar-refractivity contribution >= 4 is 0 Å². The second-order valence-corrected chi connectivity index (χ2v) is 6.39. The van der Waals surface area contributed by atoms with Crippen LogP contribution in [-0.4, -0.2) is 13.1 Å². The first-order valence-corrected chi connectivity index (χ1v) is 8.42. The van der Waals surface area contributed by atoms with E-state index in [1.807, 2.05) is 0 Å². The first kappa shape index (κ1) is 16.0. The topological polar surface area (TPSA) is 12.0 Å². The van der Waals surface area contributed by atoms with E-state index in [0.717, 1.165) is 23.8 Å². The molecule has 1 aliphatic rings. The van der Waals surface area contributed by atoms with E-state index >= 15 is 0 Å². The minimum absolute atomic E-state index is 0.781. The zero-order valence-corrected chi connectivity index (χ0v) is 13.2. The second-order valence-electron chi connectivity index (χ2n) is 6.39. The fourth-order valence-electron chi connectivity index (χ4n) is 3.74. The van der Waals surface area contributed by atoms with E-state index in [4.69, 9.17) is 0 Å². The highest BCUT2D eigenvalue weighted by atomic mass is 14.9. The maximum absolute atomic E-state index is 3.63. The molecule has 1 nitrogen and oxygen atoms in total. The van der Waals surface area contributed by atoms with Crippen LogP contribution in [0.15, 0.2) is 0 Å². The predicted molar refractivity (Wildman–Crippen MR) is 81.9 cm³/mol. The molecule has 0 bridgehead atoms. The van der Waals surface area contributed by atoms with Crippen LogP contribution in [0.3, 0.4) is 0 Å². The smallest absolute Gasteiger partial charge is 0.00950 e. The van der Waals surface area contributed by atoms with E-state index in [0.29, 0.717) is 0 Å². The first-order chi connectivity index (χ1) is 8.74. The standard InChI is InChI=1S/C17H35N/c1-5-8-9-14(6-2)13-17(18-4)16-11-10-15(7-3)12-16/h14-18H,5-13H2,1-4H3. The normalized spacial score (nSPS) is 27.3. The van der Waals surface area contributed by atoms with Crippen molar-refractivity contribution in [1.29, 1.82) is 0 Å². The summed E-state index contributed by atoms with van der Waals surface area (Å²) in [6.07, 6.45) is 12.8. The molecule has 0 amide bonds. The molecular formula is C17H35N. The van der Waals surface area contributed by atoms with Crippen LogP contribution in [-0.2, 0) is 0 Å². The second kappa shape index (κ2) is 8.96. The third-order valence-corrected chi connectivity index (χ3v) is 5.23. The molecular weight excluding hydrogens is 218 g/mol. The Morgan fingerprint density at radius 1 is 1.17 bits per heavy atom. The Morgan fingerprint density at radius 3 is 2.44 bits per heavy atom. The Morgan fingerprint density at radius 2 is 1.94 bits per heavy atom. The van der Waals surface area contributed by atoms with Gasteiger partial charge in [-0.1, -0.05) is 59.3 Å². The first-order valence-electron chi connectivity index (χ1n) is 8.42. The molecule has 4 unspecified atom stereocenters. The van der Waals surface area contributed by atoms with Gasteiger partial charge >= 0.3 is 0 Å². The van der Waals surface area contributed by atoms with Crippen molar-refractivity contribution < 1.29 is 0 Å². The molecule has 4 atom stereocenters. The lowest BCUT2D eigenvalue weighted by Crippen LogP contribution is -2.34. The molecule has 0 spiro atoms. The van der Waals surface area contributed by atoms with Crippen molar-refractivity contribution in [3.63, 3.8) is 0 Å². The lowest BCUT2D eigenvalue weighted by Gasteiger charge is -2.27. The monoisotopic (exact) mass is 253 g/mol. The third kappa shape index (κ3) is 4.91. The summed E-state index contributed by atoms with van der Waals surface area (Å²) in [6.45, 7) is 7.04. The van der Waals surface area contributed by atoms with Gasteiger partial charge in [-0.05, 0) is 44.1 Å². The van der Waals surface area contributed by atoms with Crippen molar-refractivity contribution in [3.05, 3.63) is 0 Å². The van der Waals surface area contributed by atoms with Gasteiger partial charge in [0.05, 0.1) is 0 Å². The molecule has 1 saturated carbocycles. The molecule has 0 aromatic carbocycles. The SMILES string of the molecule is CCCCC(CC)CC(NC)C1CCC(CC)C1. The highest BCUT2D eigenvalue weighted by Crippen LogP contribution is 2.37. The van der Waals surface area contributed by atoms with Crippen molar-refractivity contribution in [2.75, 3.05) is 7.05 Å². The van der Waals surface area contributed by atoms with Gasteiger partial charge in [0, 0.05) is 6.04 Å². The summed E-state index contributed by atoms with van der Waals surface area (Å²) in [7, 11) is 2.18. The van der Waals surface area contributed by atoms with E-state index in [1.54, 1.807) is 0 Å². The zero-order valence-electron chi connectivity index (χ0n) is 13.2. The Bertz CT molecular complexity index is 202. The maximum atomic E-state index is 3.63. The van der Waals surface area contributed by atoms with Crippen LogP contribution < -0.4 is 5.32 Å². The Balaban J connectivity index is 2.40. The van der Waals surface area contributed by atoms with E-state index in [9.17, 15) is 0 Å². The summed E-state index contributed by atoms with van der Waals surface area (Å²) in [5.41, 5.74) is 0. The van der Waals surface area contributed by atoms with Gasteiger partial charge in [0.15, 0.2) is 0 Å². The van der Waals surface area contributed by atoms with Gasteiger partial charge in [-0.15, -0.1) is 0 Å². The predicted octanol–water partition coefficient (Wildman–Crippen LogP) is 5.01. The van der Waals surface area contributed by atoms with Crippen LogP contribution in [0.1, 0.15) is 78.6 Å². The molecule has 0 radical (unpaired) electrons. The molecule has 1 fully saturated rings. The largest absolute Gasteiger partial charge is 0.317 e. The summed E-state index contributed by atoms with van der Waals surface area (Å²) in [5.74, 6) is 2.92. The maximum Gasteiger partial charge on any atom is 0.00950 e. The van der Waals surface area contributed by atoms with Gasteiger partial charge in [-0.25, -0.2) is 0 Å². The molecule has 1 N–H and O–H groups in total. The third-order valence-electron chi connectivity index (χ3n) is 5.23. The number of rotatable bonds is 9. The van der Waals surface area contributed by atoms with Crippen LogP contribution in [0.2, 0.25) is 0 Å². The van der Waals surface area contributed by atoms with Gasteiger partial charge in [0.25, 0.3) is 0 Å². The fourth-order valence-corrected chi connectivity index (χ4v) is 3.74. The number of unbranched alkanes of at least 4 members (excludes halogenated alkanes) is 1. The molecule has 0 heterocycles. The van der Waals surface area contributed by atoms with Crippen LogP contribution in [0, 0.1) is 17.8 Å². The summed E-state index contributed by atoms with van der Waals surface area (Å²) in [6, 6.07) is 0.781. The van der Waals surface area contributed by atoms with Gasteiger partial charge in [0.1, 0.15) is 0 Å². The average Bonchev–Trinajstić information content (AvgIpc) is 2.88. The molecule has 1 rings (SSSR count). The Labute approximate surface area is 115 Å². The van der Waals surface area contributed by atoms with Crippen molar-refractivity contribution in [2.24, 2.45) is 17.8 Å². The Kier molecular flexibility index (Phi) is 7.97. The summed E-state index contributed by atoms with van der Waals surface area (Å²) < 4.78 is 0. The number of hydrogen-bond donors (Lipinski definition) is 1. The van der Waals surface area contributed by atoms with E-state index in [2.05, 4.69) is 33.1 Å². The van der Waals surface area contributed by atoms with Crippen LogP contribution in [0.5, 0.6) is 0 Å². The van der Waals surface area contributed by atoms with E-state index < -0.39 is 0 Å².